The number of fused-ring (bicyclic) bond motifs is 1. The predicted octanol–water partition coefficient (Wildman–Crippen LogP) is 3.18. The molecule has 5 heteroatoms. The Labute approximate surface area is 147 Å². The van der Waals surface area contributed by atoms with Crippen molar-refractivity contribution in [3.63, 3.8) is 0 Å². The second-order valence-electron chi connectivity index (χ2n) is 6.18. The van der Waals surface area contributed by atoms with Gasteiger partial charge in [-0.05, 0) is 37.1 Å². The molecular formula is C20H23N3O2. The molecular weight excluding hydrogens is 314 g/mol. The second-order valence-corrected chi connectivity index (χ2v) is 6.18. The van der Waals surface area contributed by atoms with Crippen molar-refractivity contribution < 1.29 is 9.53 Å². The molecule has 130 valence electrons. The summed E-state index contributed by atoms with van der Waals surface area (Å²) in [6, 6.07) is 12.0. The smallest absolute Gasteiger partial charge is 0.222 e. The van der Waals surface area contributed by atoms with Crippen LogP contribution in [0.1, 0.15) is 18.9 Å². The number of para-hydroxylation sites is 1. The molecule has 25 heavy (non-hydrogen) atoms. The predicted molar refractivity (Wildman–Crippen MR) is 98.7 cm³/mol. The SMILES string of the molecule is COc1ccccc1CC(C)NC(=O)CCn1ccc2ccncc21. The average Bonchev–Trinajstić information content (AvgIpc) is 3.03. The first-order valence-corrected chi connectivity index (χ1v) is 8.47. The van der Waals surface area contributed by atoms with Crippen molar-refractivity contribution in [2.45, 2.75) is 32.4 Å². The van der Waals surface area contributed by atoms with Gasteiger partial charge >= 0.3 is 0 Å². The summed E-state index contributed by atoms with van der Waals surface area (Å²) in [6.07, 6.45) is 6.79. The van der Waals surface area contributed by atoms with Crippen LogP contribution in [0, 0.1) is 0 Å². The third kappa shape index (κ3) is 4.18. The number of hydrogen-bond acceptors (Lipinski definition) is 3. The van der Waals surface area contributed by atoms with E-state index in [1.807, 2.05) is 55.7 Å². The Morgan fingerprint density at radius 2 is 2.12 bits per heavy atom. The number of aromatic nitrogens is 2. The maximum atomic E-state index is 12.3. The molecule has 5 nitrogen and oxygen atoms in total. The van der Waals surface area contributed by atoms with Crippen molar-refractivity contribution in [3.8, 4) is 5.75 Å². The van der Waals surface area contributed by atoms with E-state index in [2.05, 4.69) is 14.9 Å². The topological polar surface area (TPSA) is 56.1 Å². The number of amides is 1. The Kier molecular flexibility index (Phi) is 5.33. The van der Waals surface area contributed by atoms with Gasteiger partial charge in [0.15, 0.2) is 0 Å². The van der Waals surface area contributed by atoms with Gasteiger partial charge in [0.2, 0.25) is 5.91 Å². The highest BCUT2D eigenvalue weighted by Crippen LogP contribution is 2.19. The molecule has 0 fully saturated rings. The van der Waals surface area contributed by atoms with Gasteiger partial charge in [0, 0.05) is 36.8 Å². The van der Waals surface area contributed by atoms with Crippen LogP contribution in [-0.4, -0.2) is 28.6 Å². The molecule has 2 aromatic heterocycles. The van der Waals surface area contributed by atoms with Gasteiger partial charge in [0.1, 0.15) is 5.75 Å². The van der Waals surface area contributed by atoms with Crippen LogP contribution < -0.4 is 10.1 Å². The third-order valence-corrected chi connectivity index (χ3v) is 4.28. The number of rotatable bonds is 7. The lowest BCUT2D eigenvalue weighted by Gasteiger charge is -2.16. The van der Waals surface area contributed by atoms with E-state index in [-0.39, 0.29) is 11.9 Å². The quantitative estimate of drug-likeness (QED) is 0.720. The monoisotopic (exact) mass is 337 g/mol. The molecule has 1 amide bonds. The van der Waals surface area contributed by atoms with Crippen molar-refractivity contribution in [1.82, 2.24) is 14.9 Å². The minimum absolute atomic E-state index is 0.0480. The fourth-order valence-electron chi connectivity index (χ4n) is 3.04. The Balaban J connectivity index is 1.53. The van der Waals surface area contributed by atoms with Crippen molar-refractivity contribution in [2.24, 2.45) is 0 Å². The summed E-state index contributed by atoms with van der Waals surface area (Å²) >= 11 is 0. The van der Waals surface area contributed by atoms with E-state index >= 15 is 0 Å². The summed E-state index contributed by atoms with van der Waals surface area (Å²) in [4.78, 5) is 16.4. The highest BCUT2D eigenvalue weighted by molar-refractivity contribution is 5.79. The number of aryl methyl sites for hydroxylation is 1. The number of methoxy groups -OCH3 is 1. The average molecular weight is 337 g/mol. The molecule has 3 aromatic rings. The Morgan fingerprint density at radius 3 is 2.96 bits per heavy atom. The summed E-state index contributed by atoms with van der Waals surface area (Å²) in [7, 11) is 1.67. The number of nitrogens with one attached hydrogen (secondary N) is 1. The first kappa shape index (κ1) is 17.0. The molecule has 1 atom stereocenters. The first-order valence-electron chi connectivity index (χ1n) is 8.47. The lowest BCUT2D eigenvalue weighted by Crippen LogP contribution is -2.34. The van der Waals surface area contributed by atoms with Gasteiger partial charge in [-0.1, -0.05) is 18.2 Å². The molecule has 1 N–H and O–H groups in total. The van der Waals surface area contributed by atoms with Crippen LogP contribution in [0.4, 0.5) is 0 Å². The maximum Gasteiger partial charge on any atom is 0.222 e. The summed E-state index contributed by atoms with van der Waals surface area (Å²) in [6.45, 7) is 2.65. The molecule has 3 rings (SSSR count). The maximum absolute atomic E-state index is 12.3. The molecule has 0 saturated carbocycles. The van der Waals surface area contributed by atoms with Crippen LogP contribution in [0.3, 0.4) is 0 Å². The number of pyridine rings is 1. The normalized spacial score (nSPS) is 12.1. The highest BCUT2D eigenvalue weighted by Gasteiger charge is 2.11. The van der Waals surface area contributed by atoms with E-state index in [0.29, 0.717) is 13.0 Å². The lowest BCUT2D eigenvalue weighted by atomic mass is 10.1. The lowest BCUT2D eigenvalue weighted by molar-refractivity contribution is -0.121. The number of carbonyl (C=O) groups excluding carboxylic acids is 1. The van der Waals surface area contributed by atoms with Crippen LogP contribution in [0.5, 0.6) is 5.75 Å². The van der Waals surface area contributed by atoms with E-state index in [1.165, 1.54) is 0 Å². The minimum Gasteiger partial charge on any atom is -0.496 e. The van der Waals surface area contributed by atoms with Gasteiger partial charge in [0.05, 0.1) is 18.8 Å². The zero-order chi connectivity index (χ0) is 17.6. The van der Waals surface area contributed by atoms with Gasteiger partial charge in [-0.15, -0.1) is 0 Å². The van der Waals surface area contributed by atoms with Crippen molar-refractivity contribution in [3.05, 3.63) is 60.6 Å². The van der Waals surface area contributed by atoms with Gasteiger partial charge in [-0.25, -0.2) is 0 Å². The van der Waals surface area contributed by atoms with E-state index in [9.17, 15) is 4.79 Å². The van der Waals surface area contributed by atoms with E-state index in [1.54, 1.807) is 13.3 Å². The van der Waals surface area contributed by atoms with Gasteiger partial charge < -0.3 is 14.6 Å². The molecule has 1 unspecified atom stereocenters. The molecule has 0 bridgehead atoms. The fourth-order valence-corrected chi connectivity index (χ4v) is 3.04. The number of benzene rings is 1. The minimum atomic E-state index is 0.0480. The number of carbonyl (C=O) groups is 1. The standard InChI is InChI=1S/C20H23N3O2/c1-15(13-17-5-3-4-6-19(17)25-2)22-20(24)9-12-23-11-8-16-7-10-21-14-18(16)23/h3-8,10-11,14-15H,9,12-13H2,1-2H3,(H,22,24). The fraction of sp³-hybridized carbons (Fsp3) is 0.300. The molecule has 0 aliphatic carbocycles. The van der Waals surface area contributed by atoms with Gasteiger partial charge in [0.25, 0.3) is 0 Å². The molecule has 0 aliphatic rings. The largest absolute Gasteiger partial charge is 0.496 e. The number of nitrogens with zero attached hydrogens (tertiary/aromatic N) is 2. The molecule has 0 aliphatic heterocycles. The van der Waals surface area contributed by atoms with E-state index < -0.39 is 0 Å². The van der Waals surface area contributed by atoms with Crippen LogP contribution >= 0.6 is 0 Å². The van der Waals surface area contributed by atoms with Crippen LogP contribution in [-0.2, 0) is 17.8 Å². The summed E-state index contributed by atoms with van der Waals surface area (Å²) in [5, 5.41) is 4.21. The Hall–Kier alpha value is -2.82. The Morgan fingerprint density at radius 1 is 1.28 bits per heavy atom. The van der Waals surface area contributed by atoms with Crippen molar-refractivity contribution in [1.29, 1.82) is 0 Å². The van der Waals surface area contributed by atoms with Crippen LogP contribution in [0.2, 0.25) is 0 Å². The zero-order valence-electron chi connectivity index (χ0n) is 14.6. The molecule has 0 spiro atoms. The van der Waals surface area contributed by atoms with Crippen molar-refractivity contribution >= 4 is 16.8 Å². The number of hydrogen-bond donors (Lipinski definition) is 1. The van der Waals surface area contributed by atoms with E-state index in [0.717, 1.165) is 28.6 Å². The second kappa shape index (κ2) is 7.83. The number of ether oxygens (including phenoxy) is 1. The molecule has 0 saturated heterocycles. The van der Waals surface area contributed by atoms with Crippen molar-refractivity contribution in [2.75, 3.05) is 7.11 Å². The van der Waals surface area contributed by atoms with Gasteiger partial charge in [-0.2, -0.15) is 0 Å². The van der Waals surface area contributed by atoms with Crippen LogP contribution in [0.25, 0.3) is 10.9 Å². The Bertz CT molecular complexity index is 857. The summed E-state index contributed by atoms with van der Waals surface area (Å²) in [5.74, 6) is 0.906. The van der Waals surface area contributed by atoms with E-state index in [4.69, 9.17) is 4.74 Å². The highest BCUT2D eigenvalue weighted by atomic mass is 16.5. The third-order valence-electron chi connectivity index (χ3n) is 4.28. The molecule has 1 aromatic carbocycles. The molecule has 2 heterocycles. The molecule has 0 radical (unpaired) electrons. The van der Waals surface area contributed by atoms with Gasteiger partial charge in [-0.3, -0.25) is 9.78 Å². The zero-order valence-corrected chi connectivity index (χ0v) is 14.6. The first-order chi connectivity index (χ1) is 12.2. The summed E-state index contributed by atoms with van der Waals surface area (Å²) < 4.78 is 7.43. The van der Waals surface area contributed by atoms with Crippen LogP contribution in [0.15, 0.2) is 55.0 Å². The summed E-state index contributed by atoms with van der Waals surface area (Å²) in [5.41, 5.74) is 2.15.